The maximum Gasteiger partial charge on any atom is 0.168 e. The summed E-state index contributed by atoms with van der Waals surface area (Å²) in [5.74, 6) is 0. The lowest BCUT2D eigenvalue weighted by atomic mass is 10.2. The van der Waals surface area contributed by atoms with Crippen LogP contribution in [-0.4, -0.2) is 11.3 Å². The summed E-state index contributed by atoms with van der Waals surface area (Å²) in [6.45, 7) is 2.04. The van der Waals surface area contributed by atoms with Crippen molar-refractivity contribution in [1.29, 1.82) is 0 Å². The molecule has 60 valence electrons. The molecule has 0 bridgehead atoms. The third-order valence-corrected chi connectivity index (χ3v) is 2.86. The number of nitrogens with zero attached hydrogens (tertiary/aromatic N) is 1. The fourth-order valence-corrected chi connectivity index (χ4v) is 2.09. The summed E-state index contributed by atoms with van der Waals surface area (Å²) in [5, 5.41) is 3.21. The predicted molar refractivity (Wildman–Crippen MR) is 49.7 cm³/mol. The first-order valence-electron chi connectivity index (χ1n) is 3.60. The third-order valence-electron chi connectivity index (χ3n) is 1.80. The zero-order valence-electron chi connectivity index (χ0n) is 6.57. The SMILES string of the molecule is Cc1csc2cc(C=O)ncc12. The number of hydrogen-bond donors (Lipinski definition) is 0. The molecule has 2 rings (SSSR count). The van der Waals surface area contributed by atoms with Crippen molar-refractivity contribution in [3.05, 3.63) is 28.9 Å². The molecule has 0 aliphatic heterocycles. The number of aldehydes is 1. The van der Waals surface area contributed by atoms with Crippen molar-refractivity contribution in [1.82, 2.24) is 4.98 Å². The molecular formula is C9H7NOS. The van der Waals surface area contributed by atoms with Crippen LogP contribution in [0.3, 0.4) is 0 Å². The first-order valence-corrected chi connectivity index (χ1v) is 4.48. The van der Waals surface area contributed by atoms with Gasteiger partial charge in [0.15, 0.2) is 6.29 Å². The Balaban J connectivity index is 2.77. The van der Waals surface area contributed by atoms with Crippen LogP contribution in [0.1, 0.15) is 16.1 Å². The highest BCUT2D eigenvalue weighted by atomic mass is 32.1. The maximum atomic E-state index is 10.4. The van der Waals surface area contributed by atoms with E-state index in [-0.39, 0.29) is 0 Å². The largest absolute Gasteiger partial charge is 0.296 e. The summed E-state index contributed by atoms with van der Waals surface area (Å²) < 4.78 is 1.13. The van der Waals surface area contributed by atoms with Crippen molar-refractivity contribution in [3.63, 3.8) is 0 Å². The number of aromatic nitrogens is 1. The number of rotatable bonds is 1. The first-order chi connectivity index (χ1) is 5.81. The molecule has 2 heterocycles. The number of carbonyl (C=O) groups excluding carboxylic acids is 1. The van der Waals surface area contributed by atoms with Crippen LogP contribution < -0.4 is 0 Å². The van der Waals surface area contributed by atoms with Crippen LogP contribution in [0.25, 0.3) is 10.1 Å². The average molecular weight is 177 g/mol. The minimum absolute atomic E-state index is 0.504. The zero-order valence-corrected chi connectivity index (χ0v) is 7.39. The molecule has 0 radical (unpaired) electrons. The second-order valence-electron chi connectivity index (χ2n) is 2.64. The molecule has 0 N–H and O–H groups in total. The van der Waals surface area contributed by atoms with Crippen molar-refractivity contribution in [2.24, 2.45) is 0 Å². The number of pyridine rings is 1. The number of hydrogen-bond acceptors (Lipinski definition) is 3. The Labute approximate surface area is 73.9 Å². The minimum atomic E-state index is 0.504. The fourth-order valence-electron chi connectivity index (χ4n) is 1.13. The summed E-state index contributed by atoms with van der Waals surface area (Å²) >= 11 is 1.64. The van der Waals surface area contributed by atoms with Gasteiger partial charge in [-0.3, -0.25) is 9.78 Å². The van der Waals surface area contributed by atoms with E-state index in [1.165, 1.54) is 5.56 Å². The van der Waals surface area contributed by atoms with Crippen LogP contribution in [0, 0.1) is 6.92 Å². The summed E-state index contributed by atoms with van der Waals surface area (Å²) in [5.41, 5.74) is 1.73. The van der Waals surface area contributed by atoms with Gasteiger partial charge in [-0.2, -0.15) is 0 Å². The monoisotopic (exact) mass is 177 g/mol. The summed E-state index contributed by atoms with van der Waals surface area (Å²) in [6, 6.07) is 1.82. The normalized spacial score (nSPS) is 10.4. The lowest BCUT2D eigenvalue weighted by Gasteiger charge is -1.91. The van der Waals surface area contributed by atoms with E-state index in [1.54, 1.807) is 17.5 Å². The van der Waals surface area contributed by atoms with Crippen LogP contribution in [0.5, 0.6) is 0 Å². The molecule has 0 aromatic carbocycles. The van der Waals surface area contributed by atoms with Gasteiger partial charge in [0.05, 0.1) is 0 Å². The van der Waals surface area contributed by atoms with Gasteiger partial charge >= 0.3 is 0 Å². The Morgan fingerprint density at radius 2 is 2.42 bits per heavy atom. The molecule has 0 aliphatic carbocycles. The molecular weight excluding hydrogens is 170 g/mol. The van der Waals surface area contributed by atoms with Crippen LogP contribution in [0.4, 0.5) is 0 Å². The van der Waals surface area contributed by atoms with Gasteiger partial charge in [-0.05, 0) is 23.9 Å². The quantitative estimate of drug-likeness (QED) is 0.626. The number of aryl methyl sites for hydroxylation is 1. The van der Waals surface area contributed by atoms with Crippen molar-refractivity contribution in [2.75, 3.05) is 0 Å². The van der Waals surface area contributed by atoms with Gasteiger partial charge in [-0.25, -0.2) is 0 Å². The lowest BCUT2D eigenvalue weighted by Crippen LogP contribution is -1.83. The van der Waals surface area contributed by atoms with Crippen molar-refractivity contribution >= 4 is 27.7 Å². The van der Waals surface area contributed by atoms with Crippen molar-refractivity contribution in [3.8, 4) is 0 Å². The molecule has 0 saturated carbocycles. The van der Waals surface area contributed by atoms with E-state index in [0.717, 1.165) is 16.4 Å². The predicted octanol–water partition coefficient (Wildman–Crippen LogP) is 2.42. The Kier molecular flexibility index (Phi) is 1.66. The van der Waals surface area contributed by atoms with Gasteiger partial charge in [0.1, 0.15) is 5.69 Å². The lowest BCUT2D eigenvalue weighted by molar-refractivity contribution is 0.111. The van der Waals surface area contributed by atoms with Crippen LogP contribution in [0.2, 0.25) is 0 Å². The van der Waals surface area contributed by atoms with Crippen LogP contribution in [0.15, 0.2) is 17.6 Å². The number of thiophene rings is 1. The maximum absolute atomic E-state index is 10.4. The Bertz CT molecular complexity index is 433. The van der Waals surface area contributed by atoms with E-state index in [2.05, 4.69) is 10.4 Å². The Morgan fingerprint density at radius 3 is 3.17 bits per heavy atom. The van der Waals surface area contributed by atoms with E-state index >= 15 is 0 Å². The second-order valence-corrected chi connectivity index (χ2v) is 3.55. The van der Waals surface area contributed by atoms with Gasteiger partial charge in [0.2, 0.25) is 0 Å². The standard InChI is InChI=1S/C9H7NOS/c1-6-5-12-9-2-7(4-11)10-3-8(6)9/h2-5H,1H3. The molecule has 2 nitrogen and oxygen atoms in total. The number of carbonyl (C=O) groups is 1. The van der Waals surface area contributed by atoms with Gasteiger partial charge in [-0.1, -0.05) is 0 Å². The molecule has 2 aromatic heterocycles. The molecule has 3 heteroatoms. The fraction of sp³-hybridized carbons (Fsp3) is 0.111. The van der Waals surface area contributed by atoms with Gasteiger partial charge in [-0.15, -0.1) is 11.3 Å². The third kappa shape index (κ3) is 1.02. The molecule has 0 amide bonds. The molecule has 0 aliphatic rings. The number of fused-ring (bicyclic) bond motifs is 1. The van der Waals surface area contributed by atoms with Crippen molar-refractivity contribution in [2.45, 2.75) is 6.92 Å². The molecule has 0 unspecified atom stereocenters. The van der Waals surface area contributed by atoms with E-state index in [1.807, 2.05) is 13.0 Å². The molecule has 0 spiro atoms. The highest BCUT2D eigenvalue weighted by Gasteiger charge is 2.00. The molecule has 0 atom stereocenters. The van der Waals surface area contributed by atoms with E-state index < -0.39 is 0 Å². The Hall–Kier alpha value is -1.22. The molecule has 0 fully saturated rings. The highest BCUT2D eigenvalue weighted by Crippen LogP contribution is 2.24. The average Bonchev–Trinajstić information content (AvgIpc) is 2.47. The highest BCUT2D eigenvalue weighted by molar-refractivity contribution is 7.17. The smallest absolute Gasteiger partial charge is 0.168 e. The molecule has 0 saturated heterocycles. The van der Waals surface area contributed by atoms with E-state index in [4.69, 9.17) is 0 Å². The zero-order chi connectivity index (χ0) is 8.55. The summed E-state index contributed by atoms with van der Waals surface area (Å²) in [7, 11) is 0. The second kappa shape index (κ2) is 2.68. The van der Waals surface area contributed by atoms with Crippen LogP contribution >= 0.6 is 11.3 Å². The van der Waals surface area contributed by atoms with E-state index in [9.17, 15) is 4.79 Å². The summed E-state index contributed by atoms with van der Waals surface area (Å²) in [4.78, 5) is 14.4. The van der Waals surface area contributed by atoms with Crippen molar-refractivity contribution < 1.29 is 4.79 Å². The molecule has 12 heavy (non-hydrogen) atoms. The van der Waals surface area contributed by atoms with Gasteiger partial charge in [0.25, 0.3) is 0 Å². The van der Waals surface area contributed by atoms with Crippen LogP contribution in [-0.2, 0) is 0 Å². The first kappa shape index (κ1) is 7.43. The van der Waals surface area contributed by atoms with Gasteiger partial charge < -0.3 is 0 Å². The summed E-state index contributed by atoms with van der Waals surface area (Å²) in [6.07, 6.45) is 2.53. The van der Waals surface area contributed by atoms with Gasteiger partial charge in [0, 0.05) is 16.3 Å². The topological polar surface area (TPSA) is 30.0 Å². The minimum Gasteiger partial charge on any atom is -0.296 e. The van der Waals surface area contributed by atoms with E-state index in [0.29, 0.717) is 5.69 Å². The molecule has 2 aromatic rings. The Morgan fingerprint density at radius 1 is 1.58 bits per heavy atom.